The van der Waals surface area contributed by atoms with E-state index < -0.39 is 10.0 Å². The van der Waals surface area contributed by atoms with E-state index in [-0.39, 0.29) is 15.9 Å². The number of carbonyl (C=O) groups is 1. The minimum atomic E-state index is -3.73. The molecule has 0 saturated heterocycles. The smallest absolute Gasteiger partial charge is 0.263 e. The van der Waals surface area contributed by atoms with Crippen molar-refractivity contribution in [3.8, 4) is 0 Å². The summed E-state index contributed by atoms with van der Waals surface area (Å²) in [5.74, 6) is -0.0388. The first-order chi connectivity index (χ1) is 11.4. The molecule has 1 aliphatic rings. The highest BCUT2D eigenvalue weighted by Gasteiger charge is 2.23. The van der Waals surface area contributed by atoms with Crippen molar-refractivity contribution in [1.82, 2.24) is 10.2 Å². The molecule has 1 N–H and O–H groups in total. The fourth-order valence-corrected chi connectivity index (χ4v) is 5.03. The summed E-state index contributed by atoms with van der Waals surface area (Å²) >= 11 is 2.59. The number of carbonyl (C=O) groups excluding carboxylic acids is 1. The second-order valence-electron chi connectivity index (χ2n) is 5.25. The number of benzene rings is 1. The Labute approximate surface area is 148 Å². The van der Waals surface area contributed by atoms with Crippen LogP contribution < -0.4 is 9.62 Å². The lowest BCUT2D eigenvalue weighted by Crippen LogP contribution is -2.33. The zero-order chi connectivity index (χ0) is 17.3. The number of hydrogen-bond acceptors (Lipinski definition) is 7. The van der Waals surface area contributed by atoms with E-state index in [1.165, 1.54) is 36.1 Å². The summed E-state index contributed by atoms with van der Waals surface area (Å²) in [6.45, 7) is 2.18. The van der Waals surface area contributed by atoms with Gasteiger partial charge in [0.05, 0.1) is 4.90 Å². The molecule has 24 heavy (non-hydrogen) atoms. The molecule has 0 saturated carbocycles. The van der Waals surface area contributed by atoms with Gasteiger partial charge in [-0.1, -0.05) is 23.1 Å². The number of aromatic nitrogens is 2. The number of nitrogens with zero attached hydrogens (tertiary/aromatic N) is 3. The molecule has 7 nitrogen and oxygen atoms in total. The number of sulfonamides is 1. The summed E-state index contributed by atoms with van der Waals surface area (Å²) < 4.78 is 28.2. The number of hydrogen-bond donors (Lipinski definition) is 1. The third-order valence-electron chi connectivity index (χ3n) is 3.66. The molecule has 1 amide bonds. The number of fused-ring (bicyclic) bond motifs is 1. The third kappa shape index (κ3) is 3.40. The predicted octanol–water partition coefficient (Wildman–Crippen LogP) is 2.36. The van der Waals surface area contributed by atoms with E-state index >= 15 is 0 Å². The minimum Gasteiger partial charge on any atom is -0.312 e. The Hall–Kier alpha value is -1.65. The molecule has 0 unspecified atom stereocenters. The molecule has 0 radical (unpaired) electrons. The van der Waals surface area contributed by atoms with E-state index in [2.05, 4.69) is 14.9 Å². The second-order valence-corrected chi connectivity index (χ2v) is 8.96. The number of anilines is 2. The molecular weight excluding hydrogens is 368 g/mol. The maximum absolute atomic E-state index is 12.5. The largest absolute Gasteiger partial charge is 0.312 e. The van der Waals surface area contributed by atoms with Gasteiger partial charge in [-0.15, -0.1) is 10.2 Å². The highest BCUT2D eigenvalue weighted by molar-refractivity contribution is 8.00. The standard InChI is InChI=1S/C14H16N4O3S3/c1-9(19)18-7-3-4-10-8-11(5-6-12(10)18)24(20,21)17-13-15-16-14(22-2)23-13/h5-6,8H,3-4,7H2,1-2H3,(H,15,17). The van der Waals surface area contributed by atoms with Gasteiger partial charge in [-0.25, -0.2) is 8.42 Å². The van der Waals surface area contributed by atoms with Crippen molar-refractivity contribution in [3.05, 3.63) is 23.8 Å². The Morgan fingerprint density at radius 1 is 1.38 bits per heavy atom. The molecule has 128 valence electrons. The van der Waals surface area contributed by atoms with Crippen LogP contribution in [-0.4, -0.2) is 37.3 Å². The molecular formula is C14H16N4O3S3. The van der Waals surface area contributed by atoms with Crippen LogP contribution in [-0.2, 0) is 21.2 Å². The van der Waals surface area contributed by atoms with Crippen LogP contribution in [0.25, 0.3) is 0 Å². The Morgan fingerprint density at radius 3 is 2.83 bits per heavy atom. The van der Waals surface area contributed by atoms with Crippen molar-refractivity contribution in [2.24, 2.45) is 0 Å². The van der Waals surface area contributed by atoms with E-state index in [0.29, 0.717) is 10.9 Å². The van der Waals surface area contributed by atoms with E-state index in [4.69, 9.17) is 0 Å². The van der Waals surface area contributed by atoms with Gasteiger partial charge < -0.3 is 4.90 Å². The van der Waals surface area contributed by atoms with Crippen LogP contribution in [0.15, 0.2) is 27.4 Å². The number of aryl methyl sites for hydroxylation is 1. The summed E-state index contributed by atoms with van der Waals surface area (Å²) in [5, 5.41) is 7.94. The fourth-order valence-electron chi connectivity index (χ4n) is 2.58. The highest BCUT2D eigenvalue weighted by atomic mass is 32.2. The van der Waals surface area contributed by atoms with Gasteiger partial charge in [-0.05, 0) is 42.9 Å². The lowest BCUT2D eigenvalue weighted by Gasteiger charge is -2.28. The Bertz CT molecular complexity index is 879. The van der Waals surface area contributed by atoms with Gasteiger partial charge in [0.25, 0.3) is 10.0 Å². The summed E-state index contributed by atoms with van der Waals surface area (Å²) in [7, 11) is -3.73. The average molecular weight is 385 g/mol. The van der Waals surface area contributed by atoms with Crippen molar-refractivity contribution in [2.75, 3.05) is 22.4 Å². The predicted molar refractivity (Wildman–Crippen MR) is 95.3 cm³/mol. The van der Waals surface area contributed by atoms with E-state index in [0.717, 1.165) is 24.1 Å². The Kier molecular flexibility index (Phi) is 4.79. The molecule has 1 aromatic carbocycles. The van der Waals surface area contributed by atoms with Gasteiger partial charge in [-0.3, -0.25) is 9.52 Å². The monoisotopic (exact) mass is 384 g/mol. The van der Waals surface area contributed by atoms with Crippen molar-refractivity contribution >= 4 is 49.8 Å². The molecule has 0 spiro atoms. The first-order valence-corrected chi connectivity index (χ1v) is 10.7. The molecule has 0 bridgehead atoms. The van der Waals surface area contributed by atoms with Crippen LogP contribution >= 0.6 is 23.1 Å². The van der Waals surface area contributed by atoms with Crippen molar-refractivity contribution in [3.63, 3.8) is 0 Å². The van der Waals surface area contributed by atoms with Crippen LogP contribution in [0.4, 0.5) is 10.8 Å². The molecule has 0 atom stereocenters. The second kappa shape index (κ2) is 6.69. The molecule has 2 aromatic rings. The molecule has 2 heterocycles. The molecule has 10 heteroatoms. The van der Waals surface area contributed by atoms with Crippen LogP contribution in [0.3, 0.4) is 0 Å². The number of rotatable bonds is 4. The molecule has 0 fully saturated rings. The summed E-state index contributed by atoms with van der Waals surface area (Å²) in [6.07, 6.45) is 3.41. The fraction of sp³-hybridized carbons (Fsp3) is 0.357. The van der Waals surface area contributed by atoms with Gasteiger partial charge in [-0.2, -0.15) is 0 Å². The highest BCUT2D eigenvalue weighted by Crippen LogP contribution is 2.31. The molecule has 1 aliphatic heterocycles. The maximum Gasteiger partial charge on any atom is 0.263 e. The SMILES string of the molecule is CSc1nnc(NS(=O)(=O)c2ccc3c(c2)CCCN3C(C)=O)s1. The Morgan fingerprint density at radius 2 is 2.17 bits per heavy atom. The van der Waals surface area contributed by atoms with E-state index in [1.807, 2.05) is 6.26 Å². The molecule has 1 aromatic heterocycles. The summed E-state index contributed by atoms with van der Waals surface area (Å²) in [6, 6.07) is 4.83. The average Bonchev–Trinajstić information content (AvgIpc) is 3.00. The van der Waals surface area contributed by atoms with Gasteiger partial charge in [0.1, 0.15) is 0 Å². The van der Waals surface area contributed by atoms with Gasteiger partial charge in [0.15, 0.2) is 4.34 Å². The Balaban J connectivity index is 1.90. The van der Waals surface area contributed by atoms with Gasteiger partial charge >= 0.3 is 0 Å². The molecule has 3 rings (SSSR count). The zero-order valence-electron chi connectivity index (χ0n) is 13.1. The number of thioether (sulfide) groups is 1. The lowest BCUT2D eigenvalue weighted by atomic mass is 10.0. The quantitative estimate of drug-likeness (QED) is 0.814. The topological polar surface area (TPSA) is 92.3 Å². The molecule has 0 aliphatic carbocycles. The van der Waals surface area contributed by atoms with Gasteiger partial charge in [0.2, 0.25) is 11.0 Å². The minimum absolute atomic E-state index is 0.0388. The lowest BCUT2D eigenvalue weighted by molar-refractivity contribution is -0.116. The third-order valence-corrected chi connectivity index (χ3v) is 6.94. The van der Waals surface area contributed by atoms with E-state index in [9.17, 15) is 13.2 Å². The van der Waals surface area contributed by atoms with Crippen LogP contribution in [0.1, 0.15) is 18.9 Å². The van der Waals surface area contributed by atoms with Gasteiger partial charge in [0, 0.05) is 19.2 Å². The van der Waals surface area contributed by atoms with Crippen LogP contribution in [0.5, 0.6) is 0 Å². The van der Waals surface area contributed by atoms with Crippen molar-refractivity contribution in [1.29, 1.82) is 0 Å². The number of nitrogens with one attached hydrogen (secondary N) is 1. The zero-order valence-corrected chi connectivity index (χ0v) is 15.6. The van der Waals surface area contributed by atoms with E-state index in [1.54, 1.807) is 17.0 Å². The summed E-state index contributed by atoms with van der Waals surface area (Å²) in [4.78, 5) is 13.5. The normalized spacial score (nSPS) is 14.3. The maximum atomic E-state index is 12.5. The summed E-state index contributed by atoms with van der Waals surface area (Å²) in [5.41, 5.74) is 1.65. The first-order valence-electron chi connectivity index (χ1n) is 7.22. The van der Waals surface area contributed by atoms with Crippen molar-refractivity contribution < 1.29 is 13.2 Å². The van der Waals surface area contributed by atoms with Crippen molar-refractivity contribution in [2.45, 2.75) is 29.0 Å². The first kappa shape index (κ1) is 17.2. The number of amides is 1. The van der Waals surface area contributed by atoms with Crippen LogP contribution in [0, 0.1) is 0 Å². The van der Waals surface area contributed by atoms with Crippen LogP contribution in [0.2, 0.25) is 0 Å².